The van der Waals surface area contributed by atoms with Gasteiger partial charge < -0.3 is 15.5 Å². The van der Waals surface area contributed by atoms with Crippen molar-refractivity contribution in [2.45, 2.75) is 32.0 Å². The summed E-state index contributed by atoms with van der Waals surface area (Å²) in [5.41, 5.74) is 7.61. The number of carbonyl (C=O) groups excluding carboxylic acids is 2. The highest BCUT2D eigenvalue weighted by Crippen LogP contribution is 2.25. The second kappa shape index (κ2) is 8.30. The molecule has 148 valence electrons. The number of nitrogens with one attached hydrogen (secondary N) is 1. The van der Waals surface area contributed by atoms with Crippen molar-refractivity contribution < 1.29 is 14.0 Å². The zero-order chi connectivity index (χ0) is 20.3. The van der Waals surface area contributed by atoms with Crippen molar-refractivity contribution in [3.8, 4) is 11.6 Å². The minimum atomic E-state index is -0.435. The normalized spacial score (nSPS) is 11.0. The Morgan fingerprint density at radius 3 is 2.71 bits per heavy atom. The van der Waals surface area contributed by atoms with Gasteiger partial charge in [-0.2, -0.15) is 5.10 Å². The molecule has 11 heteroatoms. The number of hydrogen-bond acceptors (Lipinski definition) is 7. The number of furan rings is 1. The zero-order valence-electron chi connectivity index (χ0n) is 15.8. The molecule has 0 aliphatic heterocycles. The third-order valence-corrected chi connectivity index (χ3v) is 5.11. The Kier molecular flexibility index (Phi) is 5.83. The number of rotatable bonds is 8. The molecular formula is C17H21N7O3S. The van der Waals surface area contributed by atoms with Crippen molar-refractivity contribution in [1.82, 2.24) is 24.5 Å². The number of amides is 2. The molecule has 3 rings (SSSR count). The van der Waals surface area contributed by atoms with Gasteiger partial charge in [0.2, 0.25) is 11.8 Å². The van der Waals surface area contributed by atoms with Crippen molar-refractivity contribution in [3.63, 3.8) is 0 Å². The number of aromatic nitrogens is 5. The molecule has 0 spiro atoms. The number of nitrogens with two attached hydrogens (primary N) is 1. The van der Waals surface area contributed by atoms with Gasteiger partial charge in [0.05, 0.1) is 29.1 Å². The maximum Gasteiger partial charge on any atom is 0.234 e. The van der Waals surface area contributed by atoms with Crippen LogP contribution in [0.4, 0.5) is 5.69 Å². The molecule has 0 aromatic carbocycles. The van der Waals surface area contributed by atoms with Crippen molar-refractivity contribution >= 4 is 29.3 Å². The van der Waals surface area contributed by atoms with Crippen LogP contribution in [0.2, 0.25) is 0 Å². The molecule has 3 N–H and O–H groups in total. The molecule has 0 aliphatic carbocycles. The zero-order valence-corrected chi connectivity index (χ0v) is 16.6. The fraction of sp³-hybridized carbons (Fsp3) is 0.353. The third kappa shape index (κ3) is 4.25. The number of nitrogens with zero attached hydrogens (tertiary/aromatic N) is 5. The van der Waals surface area contributed by atoms with Crippen LogP contribution in [0.5, 0.6) is 0 Å². The average Bonchev–Trinajstić information content (AvgIpc) is 3.35. The predicted octanol–water partition coefficient (Wildman–Crippen LogP) is 1.49. The number of anilines is 1. The van der Waals surface area contributed by atoms with E-state index in [1.807, 2.05) is 20.9 Å². The molecular weight excluding hydrogens is 382 g/mol. The first-order valence-electron chi connectivity index (χ1n) is 8.55. The molecule has 0 unspecified atom stereocenters. The first-order valence-corrected chi connectivity index (χ1v) is 9.53. The van der Waals surface area contributed by atoms with Gasteiger partial charge in [-0.1, -0.05) is 11.8 Å². The number of hydrogen-bond donors (Lipinski definition) is 2. The lowest BCUT2D eigenvalue weighted by Gasteiger charge is -2.08. The van der Waals surface area contributed by atoms with Gasteiger partial charge in [-0.3, -0.25) is 18.8 Å². The standard InChI is InChI=1S/C17H21N7O3S/c1-10-15(11(2)23(3)22-10)19-14(26)9-28-17-21-20-16(12-5-4-8-27-12)24(17)7-6-13(18)25/h4-5,8H,6-7,9H2,1-3H3,(H2,18,25)(H,19,26). The monoisotopic (exact) mass is 403 g/mol. The number of aryl methyl sites for hydroxylation is 2. The van der Waals surface area contributed by atoms with E-state index in [2.05, 4.69) is 20.6 Å². The summed E-state index contributed by atoms with van der Waals surface area (Å²) < 4.78 is 8.82. The van der Waals surface area contributed by atoms with Crippen molar-refractivity contribution in [3.05, 3.63) is 29.8 Å². The van der Waals surface area contributed by atoms with E-state index in [1.54, 1.807) is 21.4 Å². The van der Waals surface area contributed by atoms with Crippen molar-refractivity contribution in [2.75, 3.05) is 11.1 Å². The van der Waals surface area contributed by atoms with Crippen LogP contribution in [0.3, 0.4) is 0 Å². The van der Waals surface area contributed by atoms with Crippen LogP contribution in [-0.4, -0.2) is 42.1 Å². The highest BCUT2D eigenvalue weighted by atomic mass is 32.2. The third-order valence-electron chi connectivity index (χ3n) is 4.15. The Balaban J connectivity index is 1.72. The van der Waals surface area contributed by atoms with Gasteiger partial charge in [-0.05, 0) is 26.0 Å². The van der Waals surface area contributed by atoms with Crippen LogP contribution in [0.15, 0.2) is 28.0 Å². The van der Waals surface area contributed by atoms with Gasteiger partial charge in [-0.15, -0.1) is 10.2 Å². The summed E-state index contributed by atoms with van der Waals surface area (Å²) in [6.07, 6.45) is 1.65. The smallest absolute Gasteiger partial charge is 0.234 e. The topological polar surface area (TPSA) is 134 Å². The molecule has 0 atom stereocenters. The summed E-state index contributed by atoms with van der Waals surface area (Å²) in [6, 6.07) is 3.49. The average molecular weight is 403 g/mol. The van der Waals surface area contributed by atoms with E-state index in [0.717, 1.165) is 11.4 Å². The molecule has 0 radical (unpaired) electrons. The summed E-state index contributed by atoms with van der Waals surface area (Å²) >= 11 is 1.22. The molecule has 3 aromatic rings. The van der Waals surface area contributed by atoms with Gasteiger partial charge in [0.15, 0.2) is 16.7 Å². The predicted molar refractivity (Wildman–Crippen MR) is 104 cm³/mol. The maximum atomic E-state index is 12.4. The van der Waals surface area contributed by atoms with Gasteiger partial charge in [0, 0.05) is 20.0 Å². The van der Waals surface area contributed by atoms with E-state index < -0.39 is 5.91 Å². The van der Waals surface area contributed by atoms with E-state index in [0.29, 0.717) is 29.0 Å². The number of carbonyl (C=O) groups is 2. The van der Waals surface area contributed by atoms with E-state index in [1.165, 1.54) is 18.0 Å². The van der Waals surface area contributed by atoms with Crippen LogP contribution in [0.1, 0.15) is 17.8 Å². The quantitative estimate of drug-likeness (QED) is 0.544. The molecule has 3 aromatic heterocycles. The van der Waals surface area contributed by atoms with Crippen LogP contribution in [0.25, 0.3) is 11.6 Å². The molecule has 3 heterocycles. The van der Waals surface area contributed by atoms with Gasteiger partial charge in [-0.25, -0.2) is 0 Å². The van der Waals surface area contributed by atoms with Gasteiger partial charge in [0.1, 0.15) is 0 Å². The van der Waals surface area contributed by atoms with E-state index in [-0.39, 0.29) is 18.1 Å². The molecule has 10 nitrogen and oxygen atoms in total. The summed E-state index contributed by atoms with van der Waals surface area (Å²) in [5.74, 6) is 0.507. The minimum Gasteiger partial charge on any atom is -0.461 e. The first-order chi connectivity index (χ1) is 13.4. The maximum absolute atomic E-state index is 12.4. The fourth-order valence-corrected chi connectivity index (χ4v) is 3.43. The van der Waals surface area contributed by atoms with E-state index in [4.69, 9.17) is 10.2 Å². The second-order valence-corrected chi connectivity index (χ2v) is 7.10. The molecule has 2 amide bonds. The molecule has 0 fully saturated rings. The Labute approximate surface area is 165 Å². The first kappa shape index (κ1) is 19.7. The van der Waals surface area contributed by atoms with Crippen molar-refractivity contribution in [1.29, 1.82) is 0 Å². The molecule has 0 saturated heterocycles. The van der Waals surface area contributed by atoms with Crippen LogP contribution >= 0.6 is 11.8 Å². The second-order valence-electron chi connectivity index (χ2n) is 6.16. The Morgan fingerprint density at radius 1 is 1.32 bits per heavy atom. The number of primary amides is 1. The molecule has 0 bridgehead atoms. The minimum absolute atomic E-state index is 0.125. The van der Waals surface area contributed by atoms with Gasteiger partial charge >= 0.3 is 0 Å². The van der Waals surface area contributed by atoms with E-state index in [9.17, 15) is 9.59 Å². The highest BCUT2D eigenvalue weighted by Gasteiger charge is 2.19. The van der Waals surface area contributed by atoms with Crippen molar-refractivity contribution in [2.24, 2.45) is 12.8 Å². The van der Waals surface area contributed by atoms with Gasteiger partial charge in [0.25, 0.3) is 0 Å². The highest BCUT2D eigenvalue weighted by molar-refractivity contribution is 7.99. The lowest BCUT2D eigenvalue weighted by Crippen LogP contribution is -2.17. The SMILES string of the molecule is Cc1nn(C)c(C)c1NC(=O)CSc1nnc(-c2ccco2)n1CCC(N)=O. The van der Waals surface area contributed by atoms with Crippen LogP contribution < -0.4 is 11.1 Å². The largest absolute Gasteiger partial charge is 0.461 e. The summed E-state index contributed by atoms with van der Waals surface area (Å²) in [6.45, 7) is 4.02. The number of thioether (sulfide) groups is 1. The molecule has 28 heavy (non-hydrogen) atoms. The fourth-order valence-electron chi connectivity index (χ4n) is 2.67. The summed E-state index contributed by atoms with van der Waals surface area (Å²) in [7, 11) is 1.82. The Morgan fingerprint density at radius 2 is 2.11 bits per heavy atom. The summed E-state index contributed by atoms with van der Waals surface area (Å²) in [5, 5.41) is 15.9. The molecule has 0 saturated carbocycles. The lowest BCUT2D eigenvalue weighted by atomic mass is 10.3. The Hall–Kier alpha value is -3.08. The lowest BCUT2D eigenvalue weighted by molar-refractivity contribution is -0.118. The summed E-state index contributed by atoms with van der Waals surface area (Å²) in [4.78, 5) is 23.6. The molecule has 0 aliphatic rings. The van der Waals surface area contributed by atoms with Crippen LogP contribution in [-0.2, 0) is 23.2 Å². The van der Waals surface area contributed by atoms with E-state index >= 15 is 0 Å². The van der Waals surface area contributed by atoms with Crippen LogP contribution in [0, 0.1) is 13.8 Å². The Bertz CT molecular complexity index is 991.